The van der Waals surface area contributed by atoms with Gasteiger partial charge in [-0.25, -0.2) is 9.97 Å². The minimum absolute atomic E-state index is 0.106. The standard InChI is InChI=1S/C55H51N5/c1-55(2)44-25-13-16-28-49(44)59(50-29-17-14-26-45(50)55)39-30-32-47-42(34-39)41-24-12-15-27-46(41)58(47)40-31-33-48-43(35-40)51-52(36-18-6-3-7-19-36)56-53(37-20-8-4-9-21-37)57-54(51)60(48)38-22-10-5-11-23-38/h5,10-17,22-37H,3-4,6-9,18-21H2,1-2H3. The number of aromatic nitrogens is 4. The van der Waals surface area contributed by atoms with Gasteiger partial charge in [-0.1, -0.05) is 125 Å². The highest BCUT2D eigenvalue weighted by Crippen LogP contribution is 2.52. The van der Waals surface area contributed by atoms with Crippen molar-refractivity contribution in [2.24, 2.45) is 0 Å². The Bertz CT molecular complexity index is 3050. The Morgan fingerprint density at radius 3 is 1.75 bits per heavy atom. The number of para-hydroxylation sites is 4. The molecule has 2 aliphatic carbocycles. The van der Waals surface area contributed by atoms with E-state index < -0.39 is 0 Å². The molecule has 0 radical (unpaired) electrons. The molecule has 60 heavy (non-hydrogen) atoms. The molecule has 5 nitrogen and oxygen atoms in total. The second-order valence-electron chi connectivity index (χ2n) is 18.3. The predicted octanol–water partition coefficient (Wildman–Crippen LogP) is 14.9. The first kappa shape index (κ1) is 35.7. The molecule has 0 spiro atoms. The molecule has 296 valence electrons. The molecule has 1 aliphatic heterocycles. The summed E-state index contributed by atoms with van der Waals surface area (Å²) in [6.45, 7) is 4.71. The molecule has 12 rings (SSSR count). The third kappa shape index (κ3) is 5.44. The van der Waals surface area contributed by atoms with Gasteiger partial charge in [-0.3, -0.25) is 4.57 Å². The summed E-state index contributed by atoms with van der Waals surface area (Å²) in [7, 11) is 0. The summed E-state index contributed by atoms with van der Waals surface area (Å²) >= 11 is 0. The minimum atomic E-state index is -0.106. The Kier molecular flexibility index (Phi) is 8.30. The molecule has 0 unspecified atom stereocenters. The number of nitrogens with zero attached hydrogens (tertiary/aromatic N) is 5. The van der Waals surface area contributed by atoms with Crippen molar-refractivity contribution in [3.05, 3.63) is 162 Å². The van der Waals surface area contributed by atoms with Gasteiger partial charge in [0.1, 0.15) is 11.5 Å². The fraction of sp³-hybridized carbons (Fsp3) is 0.273. The summed E-state index contributed by atoms with van der Waals surface area (Å²) in [5.41, 5.74) is 14.5. The van der Waals surface area contributed by atoms with Gasteiger partial charge in [-0.15, -0.1) is 0 Å². The fourth-order valence-electron chi connectivity index (χ4n) is 11.5. The van der Waals surface area contributed by atoms with Gasteiger partial charge in [0.15, 0.2) is 0 Å². The summed E-state index contributed by atoms with van der Waals surface area (Å²) in [4.78, 5) is 13.7. The normalized spacial score (nSPS) is 17.1. The maximum Gasteiger partial charge on any atom is 0.149 e. The SMILES string of the molecule is CC1(C)c2ccccc2N(c2ccc3c(c2)c2ccccc2n3-c2ccc3c(c2)c2c(C4CCCCC4)nc(C4CCCCC4)nc2n3-c2ccccc2)c2ccccc21. The van der Waals surface area contributed by atoms with Crippen LogP contribution in [0.4, 0.5) is 17.1 Å². The van der Waals surface area contributed by atoms with Gasteiger partial charge >= 0.3 is 0 Å². The third-order valence-corrected chi connectivity index (χ3v) is 14.4. The maximum atomic E-state index is 5.66. The molecule has 5 heteroatoms. The largest absolute Gasteiger partial charge is 0.310 e. The van der Waals surface area contributed by atoms with E-state index in [1.54, 1.807) is 0 Å². The highest BCUT2D eigenvalue weighted by Gasteiger charge is 2.37. The van der Waals surface area contributed by atoms with Crippen molar-refractivity contribution in [2.75, 3.05) is 4.90 Å². The second kappa shape index (κ2) is 13.9. The summed E-state index contributed by atoms with van der Waals surface area (Å²) in [5, 5.41) is 4.99. The smallest absolute Gasteiger partial charge is 0.149 e. The van der Waals surface area contributed by atoms with Crippen LogP contribution in [0, 0.1) is 0 Å². The van der Waals surface area contributed by atoms with Crippen LogP contribution in [0.25, 0.3) is 55.1 Å². The molecular weight excluding hydrogens is 731 g/mol. The van der Waals surface area contributed by atoms with Gasteiger partial charge in [0.2, 0.25) is 0 Å². The van der Waals surface area contributed by atoms with Crippen molar-refractivity contribution in [3.8, 4) is 11.4 Å². The molecular formula is C55H51N5. The van der Waals surface area contributed by atoms with Gasteiger partial charge in [0.25, 0.3) is 0 Å². The zero-order chi connectivity index (χ0) is 40.0. The van der Waals surface area contributed by atoms with E-state index in [1.807, 2.05) is 0 Å². The highest BCUT2D eigenvalue weighted by atomic mass is 15.2. The Morgan fingerprint density at radius 1 is 0.467 bits per heavy atom. The van der Waals surface area contributed by atoms with E-state index in [2.05, 4.69) is 167 Å². The monoisotopic (exact) mass is 781 g/mol. The fourth-order valence-corrected chi connectivity index (χ4v) is 11.5. The third-order valence-electron chi connectivity index (χ3n) is 14.4. The summed E-state index contributed by atoms with van der Waals surface area (Å²) in [6, 6.07) is 51.9. The summed E-state index contributed by atoms with van der Waals surface area (Å²) in [6.07, 6.45) is 12.5. The average Bonchev–Trinajstić information content (AvgIpc) is 3.82. The predicted molar refractivity (Wildman–Crippen MR) is 249 cm³/mol. The molecule has 2 fully saturated rings. The first-order valence-corrected chi connectivity index (χ1v) is 22.5. The van der Waals surface area contributed by atoms with Crippen LogP contribution in [0.2, 0.25) is 0 Å². The average molecular weight is 782 g/mol. The highest BCUT2D eigenvalue weighted by molar-refractivity contribution is 6.13. The first-order valence-electron chi connectivity index (χ1n) is 22.5. The number of anilines is 3. The van der Waals surface area contributed by atoms with Crippen LogP contribution >= 0.6 is 0 Å². The van der Waals surface area contributed by atoms with E-state index in [0.717, 1.165) is 22.8 Å². The molecule has 0 N–H and O–H groups in total. The van der Waals surface area contributed by atoms with E-state index in [0.29, 0.717) is 11.8 Å². The quantitative estimate of drug-likeness (QED) is 0.175. The molecule has 0 atom stereocenters. The number of benzene rings is 6. The number of fused-ring (bicyclic) bond motifs is 8. The van der Waals surface area contributed by atoms with Crippen LogP contribution in [0.5, 0.6) is 0 Å². The van der Waals surface area contributed by atoms with E-state index >= 15 is 0 Å². The van der Waals surface area contributed by atoms with Gasteiger partial charge in [-0.2, -0.15) is 0 Å². The van der Waals surface area contributed by atoms with Crippen LogP contribution in [-0.4, -0.2) is 19.1 Å². The molecule has 3 aliphatic rings. The number of rotatable bonds is 5. The van der Waals surface area contributed by atoms with Crippen LogP contribution < -0.4 is 4.90 Å². The molecule has 2 saturated carbocycles. The van der Waals surface area contributed by atoms with E-state index in [-0.39, 0.29) is 5.41 Å². The Labute approximate surface area is 352 Å². The topological polar surface area (TPSA) is 38.9 Å². The first-order chi connectivity index (χ1) is 29.5. The molecule has 4 heterocycles. The molecule has 9 aromatic rings. The summed E-state index contributed by atoms with van der Waals surface area (Å²) in [5.74, 6) is 1.96. The Balaban J connectivity index is 1.09. The van der Waals surface area contributed by atoms with Crippen molar-refractivity contribution in [1.82, 2.24) is 19.1 Å². The van der Waals surface area contributed by atoms with Crippen molar-refractivity contribution in [2.45, 2.75) is 95.3 Å². The molecule has 0 saturated heterocycles. The second-order valence-corrected chi connectivity index (χ2v) is 18.3. The van der Waals surface area contributed by atoms with Crippen molar-refractivity contribution in [1.29, 1.82) is 0 Å². The number of hydrogen-bond donors (Lipinski definition) is 0. The van der Waals surface area contributed by atoms with E-state index in [9.17, 15) is 0 Å². The van der Waals surface area contributed by atoms with Crippen LogP contribution in [-0.2, 0) is 5.41 Å². The molecule has 0 amide bonds. The van der Waals surface area contributed by atoms with Gasteiger partial charge < -0.3 is 9.47 Å². The van der Waals surface area contributed by atoms with E-state index in [1.165, 1.54) is 136 Å². The molecule has 3 aromatic heterocycles. The lowest BCUT2D eigenvalue weighted by atomic mass is 9.73. The van der Waals surface area contributed by atoms with Gasteiger partial charge in [0.05, 0.1) is 33.6 Å². The van der Waals surface area contributed by atoms with Gasteiger partial charge in [-0.05, 0) is 104 Å². The van der Waals surface area contributed by atoms with Crippen molar-refractivity contribution < 1.29 is 0 Å². The minimum Gasteiger partial charge on any atom is -0.310 e. The zero-order valence-electron chi connectivity index (χ0n) is 34.7. The molecule has 6 aromatic carbocycles. The zero-order valence-corrected chi connectivity index (χ0v) is 34.7. The van der Waals surface area contributed by atoms with Crippen LogP contribution in [0.3, 0.4) is 0 Å². The Morgan fingerprint density at radius 2 is 1.03 bits per heavy atom. The van der Waals surface area contributed by atoms with Gasteiger partial charge in [0, 0.05) is 55.9 Å². The lowest BCUT2D eigenvalue weighted by Crippen LogP contribution is -2.30. The van der Waals surface area contributed by atoms with E-state index in [4.69, 9.17) is 9.97 Å². The maximum absolute atomic E-state index is 5.66. The van der Waals surface area contributed by atoms with Crippen molar-refractivity contribution in [3.63, 3.8) is 0 Å². The Hall–Kier alpha value is -6.20. The van der Waals surface area contributed by atoms with Crippen LogP contribution in [0.15, 0.2) is 140 Å². The lowest BCUT2D eigenvalue weighted by molar-refractivity contribution is 0.417. The van der Waals surface area contributed by atoms with Crippen LogP contribution in [0.1, 0.15) is 113 Å². The number of hydrogen-bond acceptors (Lipinski definition) is 3. The lowest BCUT2D eigenvalue weighted by Gasteiger charge is -2.42. The summed E-state index contributed by atoms with van der Waals surface area (Å²) < 4.78 is 4.92. The van der Waals surface area contributed by atoms with Crippen molar-refractivity contribution >= 4 is 60.8 Å². The molecule has 0 bridgehead atoms.